The SMILES string of the molecule is N=NC(N)=NC(=O)c1ccc(CN(C(=O)NCc2cc(F)cc(C(F)(F)F)c2)c2ccc(C3CCCCC3)cc2)cc1. The molecule has 0 aromatic heterocycles. The number of anilines is 1. The summed E-state index contributed by atoms with van der Waals surface area (Å²) in [6, 6.07) is 15.4. The minimum atomic E-state index is -4.73. The second-order valence-corrected chi connectivity index (χ2v) is 10.1. The van der Waals surface area contributed by atoms with Gasteiger partial charge in [-0.05, 0) is 77.9 Å². The molecule has 0 unspecified atom stereocenters. The van der Waals surface area contributed by atoms with Crippen LogP contribution in [0.1, 0.15) is 70.6 Å². The van der Waals surface area contributed by atoms with Crippen LogP contribution in [0, 0.1) is 11.3 Å². The second-order valence-electron chi connectivity index (χ2n) is 10.1. The van der Waals surface area contributed by atoms with Crippen LogP contribution < -0.4 is 16.0 Å². The van der Waals surface area contributed by atoms with Crippen LogP contribution in [-0.2, 0) is 19.3 Å². The fourth-order valence-corrected chi connectivity index (χ4v) is 4.96. The summed E-state index contributed by atoms with van der Waals surface area (Å²) >= 11 is 0. The van der Waals surface area contributed by atoms with E-state index in [0.29, 0.717) is 23.2 Å². The van der Waals surface area contributed by atoms with Crippen LogP contribution in [-0.4, -0.2) is 17.9 Å². The van der Waals surface area contributed by atoms with E-state index in [4.69, 9.17) is 11.3 Å². The molecule has 220 valence electrons. The molecule has 1 saturated carbocycles. The summed E-state index contributed by atoms with van der Waals surface area (Å²) in [5.41, 5.74) is 13.5. The Labute approximate surface area is 240 Å². The molecule has 3 amide bonds. The Hall–Kier alpha value is -4.61. The lowest BCUT2D eigenvalue weighted by Crippen LogP contribution is -2.39. The van der Waals surface area contributed by atoms with E-state index in [1.165, 1.54) is 41.9 Å². The maximum absolute atomic E-state index is 13.9. The summed E-state index contributed by atoms with van der Waals surface area (Å²) in [5, 5.41) is 5.49. The van der Waals surface area contributed by atoms with E-state index < -0.39 is 35.5 Å². The average molecular weight is 583 g/mol. The number of carbonyl (C=O) groups is 2. The summed E-state index contributed by atoms with van der Waals surface area (Å²) in [6.45, 7) is -0.266. The maximum atomic E-state index is 13.9. The van der Waals surface area contributed by atoms with Crippen molar-refractivity contribution < 1.29 is 27.2 Å². The molecule has 0 aliphatic heterocycles. The molecule has 1 aliphatic rings. The van der Waals surface area contributed by atoms with Crippen LogP contribution in [0.4, 0.5) is 28.0 Å². The highest BCUT2D eigenvalue weighted by Gasteiger charge is 2.31. The van der Waals surface area contributed by atoms with Gasteiger partial charge in [-0.1, -0.05) is 43.5 Å². The largest absolute Gasteiger partial charge is 0.416 e. The highest BCUT2D eigenvalue weighted by molar-refractivity contribution is 6.02. The number of aliphatic imine (C=N–C) groups is 1. The smallest absolute Gasteiger partial charge is 0.366 e. The molecule has 12 heteroatoms. The number of benzene rings is 3. The predicted octanol–water partition coefficient (Wildman–Crippen LogP) is 7.29. The van der Waals surface area contributed by atoms with Crippen LogP contribution in [0.2, 0.25) is 0 Å². The Balaban J connectivity index is 1.56. The number of nitrogens with zero attached hydrogens (tertiary/aromatic N) is 3. The molecule has 8 nitrogen and oxygen atoms in total. The van der Waals surface area contributed by atoms with Crippen molar-refractivity contribution in [3.63, 3.8) is 0 Å². The van der Waals surface area contributed by atoms with Gasteiger partial charge in [0.15, 0.2) is 0 Å². The number of guanidine groups is 1. The van der Waals surface area contributed by atoms with E-state index in [1.54, 1.807) is 12.1 Å². The van der Waals surface area contributed by atoms with Crippen molar-refractivity contribution in [1.82, 2.24) is 5.32 Å². The molecule has 0 radical (unpaired) electrons. The molecule has 0 saturated heterocycles. The van der Waals surface area contributed by atoms with E-state index in [-0.39, 0.29) is 24.2 Å². The highest BCUT2D eigenvalue weighted by Crippen LogP contribution is 2.34. The fraction of sp³-hybridized carbons (Fsp3) is 0.300. The summed E-state index contributed by atoms with van der Waals surface area (Å²) in [4.78, 5) is 30.5. The zero-order valence-electron chi connectivity index (χ0n) is 22.6. The van der Waals surface area contributed by atoms with Gasteiger partial charge >= 0.3 is 12.2 Å². The number of urea groups is 1. The number of hydrogen-bond acceptors (Lipinski definition) is 3. The Morgan fingerprint density at radius 3 is 2.24 bits per heavy atom. The molecular weight excluding hydrogens is 552 g/mol. The molecule has 42 heavy (non-hydrogen) atoms. The topological polar surface area (TPSA) is 124 Å². The van der Waals surface area contributed by atoms with E-state index in [9.17, 15) is 27.2 Å². The normalized spacial score (nSPS) is 14.3. The van der Waals surface area contributed by atoms with Crippen LogP contribution in [0.3, 0.4) is 0 Å². The number of rotatable bonds is 7. The van der Waals surface area contributed by atoms with Gasteiger partial charge in [0.05, 0.1) is 12.1 Å². The van der Waals surface area contributed by atoms with Crippen molar-refractivity contribution in [2.45, 2.75) is 57.3 Å². The van der Waals surface area contributed by atoms with Gasteiger partial charge in [-0.25, -0.2) is 14.7 Å². The van der Waals surface area contributed by atoms with E-state index in [1.807, 2.05) is 24.3 Å². The van der Waals surface area contributed by atoms with Gasteiger partial charge < -0.3 is 11.1 Å². The van der Waals surface area contributed by atoms with Gasteiger partial charge in [0.25, 0.3) is 5.91 Å². The van der Waals surface area contributed by atoms with Gasteiger partial charge in [-0.2, -0.15) is 18.2 Å². The fourth-order valence-electron chi connectivity index (χ4n) is 4.96. The van der Waals surface area contributed by atoms with Crippen molar-refractivity contribution >= 4 is 23.6 Å². The summed E-state index contributed by atoms with van der Waals surface area (Å²) in [7, 11) is 0. The third-order valence-corrected chi connectivity index (χ3v) is 7.13. The third kappa shape index (κ3) is 7.99. The van der Waals surface area contributed by atoms with E-state index in [2.05, 4.69) is 15.4 Å². The number of alkyl halides is 3. The molecule has 0 spiro atoms. The van der Waals surface area contributed by atoms with Gasteiger partial charge in [-0.15, -0.1) is 5.11 Å². The van der Waals surface area contributed by atoms with Crippen molar-refractivity contribution in [2.75, 3.05) is 4.90 Å². The molecule has 3 aromatic rings. The number of amides is 3. The summed E-state index contributed by atoms with van der Waals surface area (Å²) in [5.74, 6) is -1.77. The zero-order chi connectivity index (χ0) is 30.3. The lowest BCUT2D eigenvalue weighted by atomic mass is 9.84. The molecule has 1 fully saturated rings. The summed E-state index contributed by atoms with van der Waals surface area (Å²) < 4.78 is 53.4. The van der Waals surface area contributed by atoms with E-state index in [0.717, 1.165) is 25.0 Å². The quantitative estimate of drug-likeness (QED) is 0.117. The summed E-state index contributed by atoms with van der Waals surface area (Å²) in [6.07, 6.45) is 1.05. The Morgan fingerprint density at radius 1 is 0.952 bits per heavy atom. The molecule has 0 bridgehead atoms. The van der Waals surface area contributed by atoms with Crippen molar-refractivity contribution in [2.24, 2.45) is 15.8 Å². The minimum Gasteiger partial charge on any atom is -0.366 e. The Bertz CT molecular complexity index is 1450. The number of nitrogens with one attached hydrogen (secondary N) is 2. The van der Waals surface area contributed by atoms with Gasteiger partial charge in [0, 0.05) is 17.8 Å². The third-order valence-electron chi connectivity index (χ3n) is 7.13. The van der Waals surface area contributed by atoms with E-state index >= 15 is 0 Å². The van der Waals surface area contributed by atoms with Gasteiger partial charge in [0.1, 0.15) is 5.82 Å². The number of carbonyl (C=O) groups excluding carboxylic acids is 2. The minimum absolute atomic E-state index is 0.0367. The zero-order valence-corrected chi connectivity index (χ0v) is 22.6. The number of halogens is 4. The van der Waals surface area contributed by atoms with Crippen LogP contribution >= 0.6 is 0 Å². The lowest BCUT2D eigenvalue weighted by molar-refractivity contribution is -0.137. The number of hydrogen-bond donors (Lipinski definition) is 3. The van der Waals surface area contributed by atoms with Crippen molar-refractivity contribution in [3.05, 3.63) is 100 Å². The van der Waals surface area contributed by atoms with Crippen molar-refractivity contribution in [3.8, 4) is 0 Å². The van der Waals surface area contributed by atoms with Crippen LogP contribution in [0.5, 0.6) is 0 Å². The van der Waals surface area contributed by atoms with Gasteiger partial charge in [0.2, 0.25) is 5.96 Å². The predicted molar refractivity (Wildman–Crippen MR) is 150 cm³/mol. The van der Waals surface area contributed by atoms with Crippen molar-refractivity contribution in [1.29, 1.82) is 5.53 Å². The molecular formula is C30H30F4N6O2. The Kier molecular flexibility index (Phi) is 9.66. The first-order chi connectivity index (χ1) is 20.0. The molecule has 0 heterocycles. The van der Waals surface area contributed by atoms with Crippen LogP contribution in [0.15, 0.2) is 76.8 Å². The first-order valence-corrected chi connectivity index (χ1v) is 13.4. The first-order valence-electron chi connectivity index (χ1n) is 13.4. The molecule has 4 N–H and O–H groups in total. The average Bonchev–Trinajstić information content (AvgIpc) is 2.98. The lowest BCUT2D eigenvalue weighted by Gasteiger charge is -2.26. The van der Waals surface area contributed by atoms with Crippen LogP contribution in [0.25, 0.3) is 0 Å². The molecule has 4 rings (SSSR count). The standard InChI is InChI=1S/C30H30F4N6O2/c31-25-15-20(14-24(16-25)30(32,33)34)17-37-29(42)40(26-12-10-22(11-13-26)21-4-2-1-3-5-21)18-19-6-8-23(9-7-19)27(41)38-28(35)39-36/h6-16,21,36H,1-5,17-18H2,(H,37,42)(H2,35,38,41). The highest BCUT2D eigenvalue weighted by atomic mass is 19.4. The monoisotopic (exact) mass is 582 g/mol. The maximum Gasteiger partial charge on any atom is 0.416 e. The van der Waals surface area contributed by atoms with Gasteiger partial charge in [-0.3, -0.25) is 9.69 Å². The number of nitrogens with two attached hydrogens (primary N) is 1. The molecule has 3 aromatic carbocycles. The molecule has 1 aliphatic carbocycles. The second kappa shape index (κ2) is 13.4. The molecule has 0 atom stereocenters. The Morgan fingerprint density at radius 2 is 1.62 bits per heavy atom. The first kappa shape index (κ1) is 30.4.